The molecule has 0 aromatic rings. The van der Waals surface area contributed by atoms with Crippen LogP contribution in [0.2, 0.25) is 0 Å². The third-order valence-corrected chi connectivity index (χ3v) is 3.52. The Hall–Kier alpha value is -0.340. The van der Waals surface area contributed by atoms with E-state index in [0.717, 1.165) is 29.7 Å². The SMILES string of the molecule is C#C[C@@H](I)/N=C(\C(CC)=C(/C)CO)[C@@H](C)CC. The molecule has 0 saturated carbocycles. The molecule has 0 radical (unpaired) electrons. The van der Waals surface area contributed by atoms with Crippen LogP contribution in [0, 0.1) is 18.3 Å². The van der Waals surface area contributed by atoms with Crippen molar-refractivity contribution in [2.45, 2.75) is 44.6 Å². The van der Waals surface area contributed by atoms with Crippen molar-refractivity contribution in [3.63, 3.8) is 0 Å². The second kappa shape index (κ2) is 8.71. The van der Waals surface area contributed by atoms with E-state index >= 15 is 0 Å². The molecule has 0 aromatic carbocycles. The Morgan fingerprint density at radius 3 is 2.41 bits per heavy atom. The first kappa shape index (κ1) is 16.7. The van der Waals surface area contributed by atoms with Crippen LogP contribution in [0.25, 0.3) is 0 Å². The zero-order chi connectivity index (χ0) is 13.4. The van der Waals surface area contributed by atoms with Gasteiger partial charge in [-0.25, -0.2) is 0 Å². The molecular formula is C14H22INO. The van der Waals surface area contributed by atoms with E-state index in [4.69, 9.17) is 6.42 Å². The number of alkyl halides is 1. The van der Waals surface area contributed by atoms with E-state index in [1.807, 2.05) is 6.92 Å². The third kappa shape index (κ3) is 5.22. The van der Waals surface area contributed by atoms with Gasteiger partial charge >= 0.3 is 0 Å². The van der Waals surface area contributed by atoms with E-state index in [1.54, 1.807) is 0 Å². The average Bonchev–Trinajstić information content (AvgIpc) is 2.36. The van der Waals surface area contributed by atoms with E-state index in [0.29, 0.717) is 5.92 Å². The lowest BCUT2D eigenvalue weighted by Crippen LogP contribution is -2.17. The molecule has 0 unspecified atom stereocenters. The number of rotatable bonds is 6. The van der Waals surface area contributed by atoms with E-state index in [2.05, 4.69) is 54.3 Å². The van der Waals surface area contributed by atoms with E-state index in [1.165, 1.54) is 0 Å². The van der Waals surface area contributed by atoms with Crippen molar-refractivity contribution in [3.05, 3.63) is 11.1 Å². The van der Waals surface area contributed by atoms with Crippen LogP contribution in [0.5, 0.6) is 0 Å². The standard InChI is InChI=1S/C14H22INO/c1-6-10(4)14(16-13(15)8-3)12(7-2)11(5)9-17/h3,10,13,17H,6-7,9H2,1-2,4-5H3/b12-11+,16-14-/t10-,13-/m0/s1. The van der Waals surface area contributed by atoms with Crippen molar-refractivity contribution in [2.24, 2.45) is 10.9 Å². The molecule has 1 N–H and O–H groups in total. The fraction of sp³-hybridized carbons (Fsp3) is 0.643. The number of allylic oxidation sites excluding steroid dienone is 1. The van der Waals surface area contributed by atoms with Crippen LogP contribution in [-0.2, 0) is 0 Å². The van der Waals surface area contributed by atoms with Crippen molar-refractivity contribution < 1.29 is 5.11 Å². The first-order valence-corrected chi connectivity index (χ1v) is 7.23. The van der Waals surface area contributed by atoms with Crippen LogP contribution in [0.15, 0.2) is 16.1 Å². The normalized spacial score (nSPS) is 17.1. The topological polar surface area (TPSA) is 32.6 Å². The number of nitrogens with zero attached hydrogens (tertiary/aromatic N) is 1. The molecule has 0 rings (SSSR count). The van der Waals surface area contributed by atoms with Crippen LogP contribution in [-0.4, -0.2) is 21.5 Å². The molecule has 3 heteroatoms. The van der Waals surface area contributed by atoms with Gasteiger partial charge in [0, 0.05) is 5.71 Å². The maximum Gasteiger partial charge on any atom is 0.161 e. The highest BCUT2D eigenvalue weighted by molar-refractivity contribution is 14.1. The summed E-state index contributed by atoms with van der Waals surface area (Å²) >= 11 is 2.15. The summed E-state index contributed by atoms with van der Waals surface area (Å²) in [6.07, 6.45) is 7.28. The van der Waals surface area contributed by atoms with Crippen LogP contribution in [0.1, 0.15) is 40.5 Å². The van der Waals surface area contributed by atoms with Gasteiger partial charge in [-0.05, 0) is 59.4 Å². The minimum Gasteiger partial charge on any atom is -0.392 e. The van der Waals surface area contributed by atoms with Crippen LogP contribution >= 0.6 is 22.6 Å². The van der Waals surface area contributed by atoms with Gasteiger partial charge in [-0.1, -0.05) is 26.7 Å². The molecule has 17 heavy (non-hydrogen) atoms. The smallest absolute Gasteiger partial charge is 0.161 e. The monoisotopic (exact) mass is 347 g/mol. The third-order valence-electron chi connectivity index (χ3n) is 2.88. The maximum absolute atomic E-state index is 9.28. The van der Waals surface area contributed by atoms with Crippen LogP contribution in [0.3, 0.4) is 0 Å². The predicted octanol–water partition coefficient (Wildman–Crippen LogP) is 3.59. The van der Waals surface area contributed by atoms with Crippen LogP contribution in [0.4, 0.5) is 0 Å². The second-order valence-corrected chi connectivity index (χ2v) is 5.28. The molecule has 0 heterocycles. The van der Waals surface area contributed by atoms with Crippen LogP contribution < -0.4 is 0 Å². The van der Waals surface area contributed by atoms with Crippen molar-refractivity contribution in [2.75, 3.05) is 6.61 Å². The molecule has 0 fully saturated rings. The first-order valence-electron chi connectivity index (χ1n) is 5.99. The zero-order valence-electron chi connectivity index (χ0n) is 11.1. The summed E-state index contributed by atoms with van der Waals surface area (Å²) in [4.78, 5) is 4.60. The average molecular weight is 347 g/mol. The van der Waals surface area contributed by atoms with Gasteiger partial charge in [-0.3, -0.25) is 4.99 Å². The summed E-state index contributed by atoms with van der Waals surface area (Å²) < 4.78 is -0.135. The lowest BCUT2D eigenvalue weighted by atomic mass is 9.91. The summed E-state index contributed by atoms with van der Waals surface area (Å²) in [5, 5.41) is 9.28. The van der Waals surface area contributed by atoms with E-state index < -0.39 is 0 Å². The molecule has 0 aliphatic rings. The molecule has 0 amide bonds. The number of aliphatic hydroxyl groups is 1. The Bertz CT molecular complexity index is 339. The van der Waals surface area contributed by atoms with Gasteiger partial charge in [0.25, 0.3) is 0 Å². The Labute approximate surface area is 119 Å². The summed E-state index contributed by atoms with van der Waals surface area (Å²) in [5.74, 6) is 3.00. The second-order valence-electron chi connectivity index (χ2n) is 4.10. The summed E-state index contributed by atoms with van der Waals surface area (Å²) in [6.45, 7) is 8.42. The molecule has 0 spiro atoms. The number of halogens is 1. The lowest BCUT2D eigenvalue weighted by molar-refractivity contribution is 0.330. The quantitative estimate of drug-likeness (QED) is 0.257. The Kier molecular flexibility index (Phi) is 8.53. The highest BCUT2D eigenvalue weighted by atomic mass is 127. The fourth-order valence-electron chi connectivity index (χ4n) is 1.65. The molecule has 0 aliphatic heterocycles. The molecule has 0 aliphatic carbocycles. The van der Waals surface area contributed by atoms with Gasteiger partial charge in [0.05, 0.1) is 6.61 Å². The van der Waals surface area contributed by atoms with Crippen molar-refractivity contribution >= 4 is 28.3 Å². The molecule has 2 atom stereocenters. The Balaban J connectivity index is 5.47. The molecular weight excluding hydrogens is 325 g/mol. The van der Waals surface area contributed by atoms with Crippen molar-refractivity contribution in [3.8, 4) is 12.3 Å². The molecule has 0 bridgehead atoms. The molecule has 0 aromatic heterocycles. The summed E-state index contributed by atoms with van der Waals surface area (Å²) in [5.41, 5.74) is 3.20. The van der Waals surface area contributed by atoms with Gasteiger partial charge < -0.3 is 5.11 Å². The van der Waals surface area contributed by atoms with Crippen molar-refractivity contribution in [1.29, 1.82) is 0 Å². The minimum absolute atomic E-state index is 0.0839. The van der Waals surface area contributed by atoms with Gasteiger partial charge in [0.2, 0.25) is 0 Å². The van der Waals surface area contributed by atoms with Gasteiger partial charge in [-0.15, -0.1) is 6.42 Å². The number of terminal acetylenes is 1. The maximum atomic E-state index is 9.28. The predicted molar refractivity (Wildman–Crippen MR) is 83.6 cm³/mol. The number of aliphatic hydroxyl groups excluding tert-OH is 1. The minimum atomic E-state index is -0.135. The molecule has 96 valence electrons. The summed E-state index contributed by atoms with van der Waals surface area (Å²) in [6, 6.07) is 0. The largest absolute Gasteiger partial charge is 0.392 e. The number of hydrogen-bond donors (Lipinski definition) is 1. The fourth-order valence-corrected chi connectivity index (χ4v) is 1.95. The highest BCUT2D eigenvalue weighted by Crippen LogP contribution is 2.20. The zero-order valence-corrected chi connectivity index (χ0v) is 13.3. The van der Waals surface area contributed by atoms with Gasteiger partial charge in [0.1, 0.15) is 0 Å². The van der Waals surface area contributed by atoms with Crippen molar-refractivity contribution in [1.82, 2.24) is 0 Å². The van der Waals surface area contributed by atoms with E-state index in [-0.39, 0.29) is 10.7 Å². The van der Waals surface area contributed by atoms with Gasteiger partial charge in [0.15, 0.2) is 4.05 Å². The molecule has 2 nitrogen and oxygen atoms in total. The Morgan fingerprint density at radius 2 is 2.06 bits per heavy atom. The Morgan fingerprint density at radius 1 is 1.47 bits per heavy atom. The first-order chi connectivity index (χ1) is 8.01. The number of aliphatic imine (C=N–C) groups is 1. The summed E-state index contributed by atoms with van der Waals surface area (Å²) in [7, 11) is 0. The van der Waals surface area contributed by atoms with Gasteiger partial charge in [-0.2, -0.15) is 0 Å². The van der Waals surface area contributed by atoms with E-state index in [9.17, 15) is 5.11 Å². The molecule has 0 saturated heterocycles. The lowest BCUT2D eigenvalue weighted by Gasteiger charge is -2.18. The number of hydrogen-bond acceptors (Lipinski definition) is 2. The highest BCUT2D eigenvalue weighted by Gasteiger charge is 2.16.